The van der Waals surface area contributed by atoms with Crippen LogP contribution in [-0.2, 0) is 11.2 Å². The largest absolute Gasteiger partial charge is 0.493 e. The summed E-state index contributed by atoms with van der Waals surface area (Å²) in [4.78, 5) is 15.9. The Kier molecular flexibility index (Phi) is 5.58. The molecule has 1 N–H and O–H groups in total. The van der Waals surface area contributed by atoms with E-state index in [-0.39, 0.29) is 5.91 Å². The van der Waals surface area contributed by atoms with Crippen LogP contribution >= 0.6 is 27.3 Å². The van der Waals surface area contributed by atoms with E-state index in [1.807, 2.05) is 17.5 Å². The van der Waals surface area contributed by atoms with E-state index in [1.54, 1.807) is 20.4 Å². The van der Waals surface area contributed by atoms with Gasteiger partial charge in [-0.2, -0.15) is 0 Å². The molecule has 1 amide bonds. The van der Waals surface area contributed by atoms with Crippen molar-refractivity contribution in [3.05, 3.63) is 33.7 Å². The monoisotopic (exact) mass is 370 g/mol. The lowest BCUT2D eigenvalue weighted by molar-refractivity contribution is -0.116. The van der Waals surface area contributed by atoms with Crippen molar-refractivity contribution in [1.82, 2.24) is 4.98 Å². The number of carbonyl (C=O) groups is 1. The Balaban J connectivity index is 2.01. The zero-order valence-corrected chi connectivity index (χ0v) is 14.1. The Hall–Kier alpha value is -1.60. The van der Waals surface area contributed by atoms with Gasteiger partial charge in [0, 0.05) is 22.5 Å². The molecule has 1 aromatic carbocycles. The molecule has 2 rings (SSSR count). The van der Waals surface area contributed by atoms with E-state index in [4.69, 9.17) is 9.47 Å². The van der Waals surface area contributed by atoms with E-state index in [1.165, 1.54) is 11.3 Å². The number of amides is 1. The van der Waals surface area contributed by atoms with Crippen molar-refractivity contribution in [2.24, 2.45) is 0 Å². The summed E-state index contributed by atoms with van der Waals surface area (Å²) < 4.78 is 11.4. The molecule has 7 heteroatoms. The molecule has 0 spiro atoms. The Labute approximate surface area is 135 Å². The Morgan fingerprint density at radius 3 is 2.67 bits per heavy atom. The summed E-state index contributed by atoms with van der Waals surface area (Å²) >= 11 is 4.88. The molecule has 1 aromatic heterocycles. The second kappa shape index (κ2) is 7.42. The van der Waals surface area contributed by atoms with Gasteiger partial charge in [0.05, 0.1) is 14.2 Å². The Bertz CT molecular complexity index is 617. The molecule has 0 radical (unpaired) electrons. The summed E-state index contributed by atoms with van der Waals surface area (Å²) in [6.07, 6.45) is 2.62. The van der Waals surface area contributed by atoms with Gasteiger partial charge in [-0.3, -0.25) is 4.79 Å². The molecule has 1 heterocycles. The van der Waals surface area contributed by atoms with Gasteiger partial charge in [0.1, 0.15) is 0 Å². The molecule has 0 unspecified atom stereocenters. The van der Waals surface area contributed by atoms with Crippen molar-refractivity contribution in [1.29, 1.82) is 0 Å². The molecule has 0 saturated carbocycles. The number of halogens is 1. The van der Waals surface area contributed by atoms with Crippen molar-refractivity contribution >= 4 is 38.3 Å². The van der Waals surface area contributed by atoms with Crippen LogP contribution in [0.4, 0.5) is 5.13 Å². The first kappa shape index (κ1) is 15.8. The highest BCUT2D eigenvalue weighted by molar-refractivity contribution is 9.10. The van der Waals surface area contributed by atoms with Gasteiger partial charge in [-0.05, 0) is 24.1 Å². The molecule has 21 heavy (non-hydrogen) atoms. The highest BCUT2D eigenvalue weighted by Crippen LogP contribution is 2.33. The number of aryl methyl sites for hydroxylation is 1. The standard InChI is InChI=1S/C14H15BrN2O3S/c1-19-11-7-9(10(15)8-12(11)20-2)3-4-13(18)17-14-16-5-6-21-14/h5-8H,3-4H2,1-2H3,(H,16,17,18). The number of hydrogen-bond donors (Lipinski definition) is 1. The van der Waals surface area contributed by atoms with Gasteiger partial charge < -0.3 is 14.8 Å². The minimum Gasteiger partial charge on any atom is -0.493 e. The molecule has 0 aliphatic rings. The molecule has 5 nitrogen and oxygen atoms in total. The van der Waals surface area contributed by atoms with Crippen LogP contribution in [0.3, 0.4) is 0 Å². The van der Waals surface area contributed by atoms with E-state index in [9.17, 15) is 4.79 Å². The summed E-state index contributed by atoms with van der Waals surface area (Å²) in [5, 5.41) is 5.20. The third kappa shape index (κ3) is 4.18. The van der Waals surface area contributed by atoms with Crippen LogP contribution in [0.2, 0.25) is 0 Å². The first-order valence-corrected chi connectivity index (χ1v) is 7.91. The lowest BCUT2D eigenvalue weighted by Gasteiger charge is -2.11. The molecule has 0 fully saturated rings. The number of methoxy groups -OCH3 is 2. The lowest BCUT2D eigenvalue weighted by atomic mass is 10.1. The van der Waals surface area contributed by atoms with E-state index >= 15 is 0 Å². The topological polar surface area (TPSA) is 60.5 Å². The van der Waals surface area contributed by atoms with Crippen LogP contribution in [0.15, 0.2) is 28.2 Å². The number of thiazole rings is 1. The minimum absolute atomic E-state index is 0.0633. The second-order valence-electron chi connectivity index (χ2n) is 4.18. The van der Waals surface area contributed by atoms with Crippen LogP contribution in [0.5, 0.6) is 11.5 Å². The zero-order valence-electron chi connectivity index (χ0n) is 11.7. The molecule has 0 bridgehead atoms. The summed E-state index contributed by atoms with van der Waals surface area (Å²) in [5.41, 5.74) is 0.988. The quantitative estimate of drug-likeness (QED) is 0.845. The third-order valence-corrected chi connectivity index (χ3v) is 4.28. The molecular weight excluding hydrogens is 356 g/mol. The third-order valence-electron chi connectivity index (χ3n) is 2.85. The predicted octanol–water partition coefficient (Wildman–Crippen LogP) is 3.49. The number of benzene rings is 1. The van der Waals surface area contributed by atoms with E-state index in [2.05, 4.69) is 26.2 Å². The number of aromatic nitrogens is 1. The van der Waals surface area contributed by atoms with E-state index < -0.39 is 0 Å². The molecule has 0 aliphatic heterocycles. The van der Waals surface area contributed by atoms with Gasteiger partial charge in [-0.25, -0.2) is 4.98 Å². The maximum absolute atomic E-state index is 11.9. The van der Waals surface area contributed by atoms with Crippen LogP contribution < -0.4 is 14.8 Å². The Morgan fingerprint density at radius 1 is 1.33 bits per heavy atom. The molecular formula is C14H15BrN2O3S. The molecule has 2 aromatic rings. The normalized spacial score (nSPS) is 10.2. The number of nitrogens with one attached hydrogen (secondary N) is 1. The number of anilines is 1. The van der Waals surface area contributed by atoms with Crippen molar-refractivity contribution < 1.29 is 14.3 Å². The predicted molar refractivity (Wildman–Crippen MR) is 86.3 cm³/mol. The number of ether oxygens (including phenoxy) is 2. The summed E-state index contributed by atoms with van der Waals surface area (Å²) in [5.74, 6) is 1.24. The fraction of sp³-hybridized carbons (Fsp3) is 0.286. The number of carbonyl (C=O) groups excluding carboxylic acids is 1. The minimum atomic E-state index is -0.0633. The smallest absolute Gasteiger partial charge is 0.226 e. The first-order valence-electron chi connectivity index (χ1n) is 6.23. The average Bonchev–Trinajstić information content (AvgIpc) is 2.98. The summed E-state index contributed by atoms with van der Waals surface area (Å²) in [6, 6.07) is 3.71. The number of hydrogen-bond acceptors (Lipinski definition) is 5. The van der Waals surface area contributed by atoms with Gasteiger partial charge >= 0.3 is 0 Å². The number of nitrogens with zero attached hydrogens (tertiary/aromatic N) is 1. The maximum atomic E-state index is 11.9. The van der Waals surface area contributed by atoms with Crippen LogP contribution in [0.1, 0.15) is 12.0 Å². The van der Waals surface area contributed by atoms with Crippen LogP contribution in [0, 0.1) is 0 Å². The summed E-state index contributed by atoms with van der Waals surface area (Å²) in [6.45, 7) is 0. The average molecular weight is 371 g/mol. The highest BCUT2D eigenvalue weighted by Gasteiger charge is 2.11. The lowest BCUT2D eigenvalue weighted by Crippen LogP contribution is -2.12. The van der Waals surface area contributed by atoms with Gasteiger partial charge in [-0.15, -0.1) is 11.3 Å². The fourth-order valence-corrected chi connectivity index (χ4v) is 2.87. The summed E-state index contributed by atoms with van der Waals surface area (Å²) in [7, 11) is 3.18. The van der Waals surface area contributed by atoms with Gasteiger partial charge in [0.25, 0.3) is 0 Å². The molecule has 0 aliphatic carbocycles. The fourth-order valence-electron chi connectivity index (χ4n) is 1.80. The van der Waals surface area contributed by atoms with E-state index in [0.717, 1.165) is 10.0 Å². The SMILES string of the molecule is COc1cc(Br)c(CCC(=O)Nc2nccs2)cc1OC. The molecule has 0 atom stereocenters. The van der Waals surface area contributed by atoms with Gasteiger partial charge in [0.2, 0.25) is 5.91 Å². The Morgan fingerprint density at radius 2 is 2.05 bits per heavy atom. The highest BCUT2D eigenvalue weighted by atomic mass is 79.9. The second-order valence-corrected chi connectivity index (χ2v) is 5.93. The van der Waals surface area contributed by atoms with Gasteiger partial charge in [-0.1, -0.05) is 15.9 Å². The first-order chi connectivity index (χ1) is 10.1. The van der Waals surface area contributed by atoms with Crippen molar-refractivity contribution in [3.63, 3.8) is 0 Å². The van der Waals surface area contributed by atoms with Gasteiger partial charge in [0.15, 0.2) is 16.6 Å². The van der Waals surface area contributed by atoms with Crippen molar-refractivity contribution in [3.8, 4) is 11.5 Å². The van der Waals surface area contributed by atoms with Crippen molar-refractivity contribution in [2.45, 2.75) is 12.8 Å². The molecule has 0 saturated heterocycles. The molecule has 112 valence electrons. The number of rotatable bonds is 6. The van der Waals surface area contributed by atoms with Crippen molar-refractivity contribution in [2.75, 3.05) is 19.5 Å². The maximum Gasteiger partial charge on any atom is 0.226 e. The van der Waals surface area contributed by atoms with Crippen LogP contribution in [-0.4, -0.2) is 25.1 Å². The van der Waals surface area contributed by atoms with E-state index in [0.29, 0.717) is 29.5 Å². The zero-order chi connectivity index (χ0) is 15.2. The van der Waals surface area contributed by atoms with Crippen LogP contribution in [0.25, 0.3) is 0 Å².